The monoisotopic (exact) mass is 304 g/mol. The Morgan fingerprint density at radius 1 is 1.00 bits per heavy atom. The molecule has 0 fully saturated rings. The normalized spacial score (nSPS) is 12.6. The van der Waals surface area contributed by atoms with Gasteiger partial charge in [-0.1, -0.05) is 12.1 Å². The lowest BCUT2D eigenvalue weighted by molar-refractivity contribution is -0.131. The molecule has 6 heteroatoms. The number of carbonyl (C=O) groups is 1. The number of nitrogens with one attached hydrogen (secondary N) is 1. The maximum Gasteiger partial charge on any atom is 0.315 e. The first-order valence-electron chi connectivity index (χ1n) is 7.13. The summed E-state index contributed by atoms with van der Waals surface area (Å²) in [6.07, 6.45) is 3.72. The van der Waals surface area contributed by atoms with Crippen molar-refractivity contribution in [2.75, 3.05) is 5.32 Å². The summed E-state index contributed by atoms with van der Waals surface area (Å²) < 4.78 is 5.15. The minimum Gasteiger partial charge on any atom is -0.426 e. The Morgan fingerprint density at radius 3 is 2.83 bits per heavy atom. The van der Waals surface area contributed by atoms with Gasteiger partial charge < -0.3 is 10.1 Å². The smallest absolute Gasteiger partial charge is 0.315 e. The quantitative estimate of drug-likeness (QED) is 0.592. The molecule has 0 amide bonds. The molecule has 6 nitrogen and oxygen atoms in total. The van der Waals surface area contributed by atoms with Gasteiger partial charge in [0, 0.05) is 29.7 Å². The molecule has 1 aliphatic rings. The first-order valence-corrected chi connectivity index (χ1v) is 7.13. The molecule has 0 spiro atoms. The number of nitrogens with zero attached hydrogens (tertiary/aromatic N) is 3. The maximum absolute atomic E-state index is 11.3. The molecule has 1 N–H and O–H groups in total. The highest BCUT2D eigenvalue weighted by atomic mass is 16.5. The number of esters is 1. The van der Waals surface area contributed by atoms with E-state index in [0.29, 0.717) is 18.1 Å². The number of ether oxygens (including phenoxy) is 1. The summed E-state index contributed by atoms with van der Waals surface area (Å²) in [6.45, 7) is 0. The van der Waals surface area contributed by atoms with Gasteiger partial charge in [-0.2, -0.15) is 0 Å². The van der Waals surface area contributed by atoms with E-state index in [2.05, 4.69) is 20.3 Å². The van der Waals surface area contributed by atoms with Crippen molar-refractivity contribution in [3.05, 3.63) is 60.4 Å². The SMILES string of the molecule is O=C1Cc2ccc(Nc3nccc(-c4ccccn4)n3)cc2O1. The van der Waals surface area contributed by atoms with Crippen molar-refractivity contribution >= 4 is 17.6 Å². The second kappa shape index (κ2) is 5.49. The summed E-state index contributed by atoms with van der Waals surface area (Å²) in [5, 5.41) is 3.12. The number of hydrogen-bond donors (Lipinski definition) is 1. The van der Waals surface area contributed by atoms with E-state index >= 15 is 0 Å². The van der Waals surface area contributed by atoms with Crippen LogP contribution in [0.2, 0.25) is 0 Å². The fourth-order valence-electron chi connectivity index (χ4n) is 2.39. The van der Waals surface area contributed by atoms with E-state index in [1.54, 1.807) is 24.5 Å². The van der Waals surface area contributed by atoms with Crippen LogP contribution in [0.1, 0.15) is 5.56 Å². The van der Waals surface area contributed by atoms with Crippen molar-refractivity contribution in [3.63, 3.8) is 0 Å². The molecule has 0 radical (unpaired) electrons. The van der Waals surface area contributed by atoms with Gasteiger partial charge >= 0.3 is 5.97 Å². The molecule has 1 aromatic carbocycles. The summed E-state index contributed by atoms with van der Waals surface area (Å²) in [5.41, 5.74) is 3.16. The Labute approximate surface area is 132 Å². The number of rotatable bonds is 3. The summed E-state index contributed by atoms with van der Waals surface area (Å²) >= 11 is 0. The Hall–Kier alpha value is -3.28. The number of pyridine rings is 1. The second-order valence-electron chi connectivity index (χ2n) is 5.08. The third-order valence-electron chi connectivity index (χ3n) is 3.46. The van der Waals surface area contributed by atoms with E-state index in [1.807, 2.05) is 30.3 Å². The van der Waals surface area contributed by atoms with E-state index in [0.717, 1.165) is 22.6 Å². The van der Waals surface area contributed by atoms with Crippen LogP contribution in [-0.4, -0.2) is 20.9 Å². The largest absolute Gasteiger partial charge is 0.426 e. The summed E-state index contributed by atoms with van der Waals surface area (Å²) in [5.74, 6) is 0.809. The van der Waals surface area contributed by atoms with Crippen molar-refractivity contribution in [1.82, 2.24) is 15.0 Å². The molecule has 0 saturated carbocycles. The van der Waals surface area contributed by atoms with Gasteiger partial charge in [0.05, 0.1) is 17.8 Å². The van der Waals surface area contributed by atoms with Crippen LogP contribution in [0.4, 0.5) is 11.6 Å². The lowest BCUT2D eigenvalue weighted by Gasteiger charge is -2.07. The molecule has 23 heavy (non-hydrogen) atoms. The standard InChI is InChI=1S/C17H12N4O2/c22-16-9-11-4-5-12(10-15(11)23-16)20-17-19-8-6-14(21-17)13-3-1-2-7-18-13/h1-8,10H,9H2,(H,19,20,21). The molecular weight excluding hydrogens is 292 g/mol. The minimum atomic E-state index is -0.231. The van der Waals surface area contributed by atoms with E-state index in [4.69, 9.17) is 4.74 Å². The molecular formula is C17H12N4O2. The highest BCUT2D eigenvalue weighted by Gasteiger charge is 2.20. The third kappa shape index (κ3) is 2.74. The molecule has 0 bridgehead atoms. The molecule has 2 aromatic heterocycles. The van der Waals surface area contributed by atoms with Crippen LogP contribution in [0.5, 0.6) is 5.75 Å². The van der Waals surface area contributed by atoms with Gasteiger partial charge in [-0.15, -0.1) is 0 Å². The molecule has 3 heterocycles. The van der Waals surface area contributed by atoms with Crippen LogP contribution in [0.25, 0.3) is 11.4 Å². The van der Waals surface area contributed by atoms with E-state index in [1.165, 1.54) is 0 Å². The summed E-state index contributed by atoms with van der Waals surface area (Å²) in [4.78, 5) is 24.2. The van der Waals surface area contributed by atoms with Crippen LogP contribution in [-0.2, 0) is 11.2 Å². The van der Waals surface area contributed by atoms with Crippen molar-refractivity contribution in [1.29, 1.82) is 0 Å². The average molecular weight is 304 g/mol. The number of benzene rings is 1. The van der Waals surface area contributed by atoms with Crippen LogP contribution >= 0.6 is 0 Å². The van der Waals surface area contributed by atoms with Crippen LogP contribution in [0, 0.1) is 0 Å². The van der Waals surface area contributed by atoms with Gasteiger partial charge in [0.2, 0.25) is 5.95 Å². The zero-order valence-corrected chi connectivity index (χ0v) is 12.1. The predicted molar refractivity (Wildman–Crippen MR) is 84.3 cm³/mol. The molecule has 1 aliphatic heterocycles. The van der Waals surface area contributed by atoms with Gasteiger partial charge in [0.1, 0.15) is 5.75 Å². The minimum absolute atomic E-state index is 0.231. The van der Waals surface area contributed by atoms with E-state index in [9.17, 15) is 4.79 Å². The average Bonchev–Trinajstić information content (AvgIpc) is 2.95. The van der Waals surface area contributed by atoms with Crippen molar-refractivity contribution in [3.8, 4) is 17.1 Å². The summed E-state index contributed by atoms with van der Waals surface area (Å²) in [6, 6.07) is 13.0. The van der Waals surface area contributed by atoms with E-state index in [-0.39, 0.29) is 5.97 Å². The third-order valence-corrected chi connectivity index (χ3v) is 3.46. The zero-order chi connectivity index (χ0) is 15.6. The number of hydrogen-bond acceptors (Lipinski definition) is 6. The van der Waals surface area contributed by atoms with Gasteiger partial charge in [-0.3, -0.25) is 9.78 Å². The van der Waals surface area contributed by atoms with Gasteiger partial charge in [0.25, 0.3) is 0 Å². The van der Waals surface area contributed by atoms with Gasteiger partial charge in [0.15, 0.2) is 0 Å². The molecule has 112 valence electrons. The molecule has 0 atom stereocenters. The second-order valence-corrected chi connectivity index (χ2v) is 5.08. The highest BCUT2D eigenvalue weighted by molar-refractivity contribution is 5.82. The van der Waals surface area contributed by atoms with Gasteiger partial charge in [-0.05, 0) is 24.3 Å². The molecule has 3 aromatic rings. The van der Waals surface area contributed by atoms with Crippen LogP contribution in [0.3, 0.4) is 0 Å². The predicted octanol–water partition coefficient (Wildman–Crippen LogP) is 2.74. The fraction of sp³-hybridized carbons (Fsp3) is 0.0588. The lowest BCUT2D eigenvalue weighted by Crippen LogP contribution is -2.00. The first kappa shape index (κ1) is 13.4. The Kier molecular flexibility index (Phi) is 3.20. The highest BCUT2D eigenvalue weighted by Crippen LogP contribution is 2.30. The van der Waals surface area contributed by atoms with E-state index < -0.39 is 0 Å². The lowest BCUT2D eigenvalue weighted by atomic mass is 10.1. The topological polar surface area (TPSA) is 77.0 Å². The van der Waals surface area contributed by atoms with Crippen molar-refractivity contribution in [2.24, 2.45) is 0 Å². The zero-order valence-electron chi connectivity index (χ0n) is 12.1. The van der Waals surface area contributed by atoms with Crippen molar-refractivity contribution in [2.45, 2.75) is 6.42 Å². The fourth-order valence-corrected chi connectivity index (χ4v) is 2.39. The molecule has 4 rings (SSSR count). The molecule has 0 unspecified atom stereocenters. The first-order chi connectivity index (χ1) is 11.3. The Bertz CT molecular complexity index is 881. The number of carbonyl (C=O) groups excluding carboxylic acids is 1. The number of anilines is 2. The van der Waals surface area contributed by atoms with Crippen molar-refractivity contribution < 1.29 is 9.53 Å². The van der Waals surface area contributed by atoms with Gasteiger partial charge in [-0.25, -0.2) is 9.97 Å². The maximum atomic E-state index is 11.3. The van der Waals surface area contributed by atoms with Crippen LogP contribution in [0.15, 0.2) is 54.9 Å². The Balaban J connectivity index is 1.60. The molecule has 0 aliphatic carbocycles. The molecule has 0 saturated heterocycles. The Morgan fingerprint density at radius 2 is 1.96 bits per heavy atom. The number of fused-ring (bicyclic) bond motifs is 1. The van der Waals surface area contributed by atoms with Crippen LogP contribution < -0.4 is 10.1 Å². The summed E-state index contributed by atoms with van der Waals surface area (Å²) in [7, 11) is 0. The number of aromatic nitrogens is 3.